The van der Waals surface area contributed by atoms with Crippen LogP contribution in [-0.2, 0) is 19.5 Å². The Kier molecular flexibility index (Phi) is 4.02. The van der Waals surface area contributed by atoms with Crippen LogP contribution in [0.1, 0.15) is 31.2 Å². The summed E-state index contributed by atoms with van der Waals surface area (Å²) >= 11 is 0. The molecule has 0 aliphatic rings. The van der Waals surface area contributed by atoms with Crippen LogP contribution in [0.15, 0.2) is 10.6 Å². The maximum atomic E-state index is 11.1. The molecular weight excluding hydrogens is 262 g/mol. The number of nitrogens with zero attached hydrogens (tertiary/aromatic N) is 4. The summed E-state index contributed by atoms with van der Waals surface area (Å²) in [5, 5.41) is 18.2. The number of hydrogen-bond donors (Lipinski definition) is 1. The zero-order chi connectivity index (χ0) is 14.7. The van der Waals surface area contributed by atoms with Crippen LogP contribution in [0.3, 0.4) is 0 Å². The minimum Gasteiger partial charge on any atom is -0.444 e. The van der Waals surface area contributed by atoms with Gasteiger partial charge in [0.25, 0.3) is 0 Å². The van der Waals surface area contributed by atoms with Crippen molar-refractivity contribution in [3.05, 3.63) is 33.7 Å². The molecule has 0 atom stereocenters. The van der Waals surface area contributed by atoms with Crippen molar-refractivity contribution in [2.45, 2.75) is 40.3 Å². The van der Waals surface area contributed by atoms with Gasteiger partial charge in [0.05, 0.1) is 17.7 Å². The van der Waals surface area contributed by atoms with E-state index in [2.05, 4.69) is 15.4 Å². The minimum atomic E-state index is -0.427. The summed E-state index contributed by atoms with van der Waals surface area (Å²) in [5.41, 5.74) is 0.384. The predicted molar refractivity (Wildman–Crippen MR) is 72.5 cm³/mol. The number of aromatic nitrogens is 3. The van der Waals surface area contributed by atoms with Gasteiger partial charge in [0, 0.05) is 13.0 Å². The van der Waals surface area contributed by atoms with Gasteiger partial charge < -0.3 is 9.73 Å². The van der Waals surface area contributed by atoms with Crippen molar-refractivity contribution in [1.82, 2.24) is 14.8 Å². The van der Waals surface area contributed by atoms with Crippen molar-refractivity contribution in [1.29, 1.82) is 0 Å². The van der Waals surface area contributed by atoms with Gasteiger partial charge in [-0.25, -0.2) is 9.67 Å². The fourth-order valence-electron chi connectivity index (χ4n) is 1.95. The fraction of sp³-hybridized carbons (Fsp3) is 0.500. The van der Waals surface area contributed by atoms with Crippen molar-refractivity contribution >= 4 is 11.5 Å². The van der Waals surface area contributed by atoms with Crippen molar-refractivity contribution in [3.8, 4) is 0 Å². The Morgan fingerprint density at radius 2 is 2.25 bits per heavy atom. The van der Waals surface area contributed by atoms with E-state index in [0.717, 1.165) is 12.2 Å². The lowest BCUT2D eigenvalue weighted by Crippen LogP contribution is -2.08. The molecule has 0 aliphatic heterocycles. The highest BCUT2D eigenvalue weighted by molar-refractivity contribution is 5.59. The van der Waals surface area contributed by atoms with Crippen molar-refractivity contribution in [3.63, 3.8) is 0 Å². The molecule has 8 nitrogen and oxygen atoms in total. The summed E-state index contributed by atoms with van der Waals surface area (Å²) in [6.45, 7) is 6.30. The highest BCUT2D eigenvalue weighted by Crippen LogP contribution is 2.28. The van der Waals surface area contributed by atoms with Gasteiger partial charge in [-0.1, -0.05) is 6.92 Å². The first-order chi connectivity index (χ1) is 9.56. The Labute approximate surface area is 116 Å². The molecule has 0 amide bonds. The van der Waals surface area contributed by atoms with Gasteiger partial charge >= 0.3 is 5.69 Å². The molecule has 0 aromatic carbocycles. The molecule has 0 radical (unpaired) electrons. The molecule has 2 heterocycles. The number of nitrogens with one attached hydrogen (secondary N) is 1. The summed E-state index contributed by atoms with van der Waals surface area (Å²) in [6.07, 6.45) is 2.42. The first kappa shape index (κ1) is 14.0. The molecule has 0 saturated carbocycles. The number of nitro groups is 1. The van der Waals surface area contributed by atoms with Crippen LogP contribution >= 0.6 is 0 Å². The van der Waals surface area contributed by atoms with Crippen LogP contribution in [0.5, 0.6) is 0 Å². The highest BCUT2D eigenvalue weighted by atomic mass is 16.6. The largest absolute Gasteiger partial charge is 0.444 e. The quantitative estimate of drug-likeness (QED) is 0.643. The number of rotatable bonds is 6. The Morgan fingerprint density at radius 1 is 1.50 bits per heavy atom. The summed E-state index contributed by atoms with van der Waals surface area (Å²) in [4.78, 5) is 14.8. The summed E-state index contributed by atoms with van der Waals surface area (Å²) < 4.78 is 7.03. The number of oxazole rings is 1. The summed E-state index contributed by atoms with van der Waals surface area (Å²) in [7, 11) is 0. The molecule has 108 valence electrons. The third-order valence-electron chi connectivity index (χ3n) is 2.93. The van der Waals surface area contributed by atoms with E-state index in [4.69, 9.17) is 4.42 Å². The lowest BCUT2D eigenvalue weighted by Gasteiger charge is -2.05. The van der Waals surface area contributed by atoms with Gasteiger partial charge in [-0.05, 0) is 13.8 Å². The van der Waals surface area contributed by atoms with Crippen LogP contribution in [0.4, 0.5) is 11.5 Å². The topological polar surface area (TPSA) is 99.0 Å². The lowest BCUT2D eigenvalue weighted by atomic mass is 10.4. The third kappa shape index (κ3) is 2.63. The maximum Gasteiger partial charge on any atom is 0.333 e. The molecule has 20 heavy (non-hydrogen) atoms. The van der Waals surface area contributed by atoms with E-state index < -0.39 is 4.92 Å². The third-order valence-corrected chi connectivity index (χ3v) is 2.93. The van der Waals surface area contributed by atoms with Crippen LogP contribution < -0.4 is 5.32 Å². The molecule has 0 aliphatic carbocycles. The highest BCUT2D eigenvalue weighted by Gasteiger charge is 2.24. The van der Waals surface area contributed by atoms with Gasteiger partial charge in [-0.15, -0.1) is 0 Å². The Bertz CT molecular complexity index is 617. The first-order valence-corrected chi connectivity index (χ1v) is 6.46. The summed E-state index contributed by atoms with van der Waals surface area (Å²) in [5.74, 6) is 1.67. The molecule has 0 unspecified atom stereocenters. The van der Waals surface area contributed by atoms with E-state index in [9.17, 15) is 10.1 Å². The Hall–Kier alpha value is -2.38. The number of aryl methyl sites for hydroxylation is 3. The summed E-state index contributed by atoms with van der Waals surface area (Å²) in [6, 6.07) is 0. The molecule has 2 aromatic heterocycles. The van der Waals surface area contributed by atoms with Crippen LogP contribution in [0.25, 0.3) is 0 Å². The first-order valence-electron chi connectivity index (χ1n) is 6.46. The average molecular weight is 279 g/mol. The zero-order valence-electron chi connectivity index (χ0n) is 11.7. The van der Waals surface area contributed by atoms with Crippen LogP contribution in [0, 0.1) is 17.0 Å². The predicted octanol–water partition coefficient (Wildman–Crippen LogP) is 2.28. The van der Waals surface area contributed by atoms with Gasteiger partial charge in [0.2, 0.25) is 11.7 Å². The van der Waals surface area contributed by atoms with Gasteiger partial charge in [0.1, 0.15) is 11.5 Å². The molecule has 1 N–H and O–H groups in total. The van der Waals surface area contributed by atoms with Crippen molar-refractivity contribution < 1.29 is 9.34 Å². The maximum absolute atomic E-state index is 11.1. The second-order valence-corrected chi connectivity index (χ2v) is 4.28. The van der Waals surface area contributed by atoms with E-state index in [1.165, 1.54) is 0 Å². The van der Waals surface area contributed by atoms with Gasteiger partial charge in [0.15, 0.2) is 0 Å². The molecule has 0 spiro atoms. The van der Waals surface area contributed by atoms with Gasteiger partial charge in [-0.3, -0.25) is 10.1 Å². The molecule has 0 fully saturated rings. The molecule has 2 rings (SSSR count). The normalized spacial score (nSPS) is 10.8. The smallest absolute Gasteiger partial charge is 0.333 e. The second kappa shape index (κ2) is 5.72. The fourth-order valence-corrected chi connectivity index (χ4v) is 1.95. The molecule has 0 saturated heterocycles. The molecular formula is C12H17N5O3. The number of hydrogen-bond acceptors (Lipinski definition) is 6. The standard InChI is InChI=1S/C12H17N5O3/c1-4-9-6-13-10(20-9)7-14-12-11(17(18)19)8(3)15-16(12)5-2/h6,14H,4-5,7H2,1-3H3. The average Bonchev–Trinajstić information content (AvgIpc) is 2.99. The Morgan fingerprint density at radius 3 is 2.80 bits per heavy atom. The molecule has 8 heteroatoms. The SMILES string of the molecule is CCc1cnc(CNc2c([N+](=O)[O-])c(C)nn2CC)o1. The van der Waals surface area contributed by atoms with E-state index in [1.807, 2.05) is 13.8 Å². The van der Waals surface area contributed by atoms with E-state index >= 15 is 0 Å². The zero-order valence-corrected chi connectivity index (χ0v) is 11.7. The lowest BCUT2D eigenvalue weighted by molar-refractivity contribution is -0.384. The molecule has 0 bridgehead atoms. The van der Waals surface area contributed by atoms with E-state index in [0.29, 0.717) is 23.9 Å². The monoisotopic (exact) mass is 279 g/mol. The van der Waals surface area contributed by atoms with E-state index in [1.54, 1.807) is 17.8 Å². The molecule has 2 aromatic rings. The van der Waals surface area contributed by atoms with Crippen molar-refractivity contribution in [2.24, 2.45) is 0 Å². The van der Waals surface area contributed by atoms with E-state index in [-0.39, 0.29) is 12.2 Å². The van der Waals surface area contributed by atoms with Crippen LogP contribution in [0.2, 0.25) is 0 Å². The van der Waals surface area contributed by atoms with Crippen LogP contribution in [-0.4, -0.2) is 19.7 Å². The number of anilines is 1. The minimum absolute atomic E-state index is 0.00544. The Balaban J connectivity index is 2.21. The van der Waals surface area contributed by atoms with Gasteiger partial charge in [-0.2, -0.15) is 5.10 Å². The van der Waals surface area contributed by atoms with Crippen molar-refractivity contribution in [2.75, 3.05) is 5.32 Å². The second-order valence-electron chi connectivity index (χ2n) is 4.28.